The fraction of sp³-hybridized carbons (Fsp3) is 0.471. The summed E-state index contributed by atoms with van der Waals surface area (Å²) in [6.07, 6.45) is 6.02. The van der Waals surface area contributed by atoms with Gasteiger partial charge in [-0.15, -0.1) is 0 Å². The Bertz CT molecular complexity index is 603. The number of aryl methyl sites for hydroxylation is 1. The molecule has 1 aromatic heterocycles. The zero-order valence-electron chi connectivity index (χ0n) is 12.0. The van der Waals surface area contributed by atoms with Crippen LogP contribution in [0.5, 0.6) is 0 Å². The number of pyridine rings is 1. The highest BCUT2D eigenvalue weighted by Gasteiger charge is 2.12. The van der Waals surface area contributed by atoms with Gasteiger partial charge < -0.3 is 4.90 Å². The summed E-state index contributed by atoms with van der Waals surface area (Å²) in [6, 6.07) is 8.52. The average molecular weight is 289 g/mol. The summed E-state index contributed by atoms with van der Waals surface area (Å²) in [7, 11) is 0. The summed E-state index contributed by atoms with van der Waals surface area (Å²) >= 11 is 6.45. The van der Waals surface area contributed by atoms with E-state index in [1.807, 2.05) is 6.07 Å². The number of piperidine rings is 1. The number of nitrogens with zero attached hydrogens (tertiary/aromatic N) is 2. The molecule has 0 amide bonds. The lowest BCUT2D eigenvalue weighted by Gasteiger charge is -2.29. The molecule has 1 saturated heterocycles. The maximum absolute atomic E-state index is 6.45. The Labute approximate surface area is 125 Å². The summed E-state index contributed by atoms with van der Waals surface area (Å²) in [5.41, 5.74) is 3.39. The van der Waals surface area contributed by atoms with Crippen molar-refractivity contribution in [1.29, 1.82) is 0 Å². The van der Waals surface area contributed by atoms with Crippen molar-refractivity contribution >= 4 is 28.2 Å². The van der Waals surface area contributed by atoms with Gasteiger partial charge in [0.15, 0.2) is 0 Å². The van der Waals surface area contributed by atoms with Gasteiger partial charge in [0, 0.05) is 29.9 Å². The van der Waals surface area contributed by atoms with E-state index in [1.165, 1.54) is 24.9 Å². The number of anilines is 1. The fourth-order valence-corrected chi connectivity index (χ4v) is 3.23. The van der Waals surface area contributed by atoms with E-state index in [1.54, 1.807) is 0 Å². The third-order valence-corrected chi connectivity index (χ3v) is 4.33. The summed E-state index contributed by atoms with van der Waals surface area (Å²) in [5.74, 6) is 0. The van der Waals surface area contributed by atoms with E-state index < -0.39 is 0 Å². The third kappa shape index (κ3) is 2.76. The molecule has 0 atom stereocenters. The number of hydrogen-bond donors (Lipinski definition) is 0. The molecule has 0 N–H and O–H groups in total. The molecule has 20 heavy (non-hydrogen) atoms. The van der Waals surface area contributed by atoms with Gasteiger partial charge >= 0.3 is 0 Å². The molecule has 0 unspecified atom stereocenters. The van der Waals surface area contributed by atoms with E-state index >= 15 is 0 Å². The van der Waals surface area contributed by atoms with Crippen molar-refractivity contribution in [1.82, 2.24) is 4.98 Å². The third-order valence-electron chi connectivity index (χ3n) is 4.02. The van der Waals surface area contributed by atoms with Crippen molar-refractivity contribution in [2.24, 2.45) is 0 Å². The first-order valence-corrected chi connectivity index (χ1v) is 8.00. The molecule has 1 aliphatic rings. The summed E-state index contributed by atoms with van der Waals surface area (Å²) < 4.78 is 0. The predicted octanol–water partition coefficient (Wildman–Crippen LogP) is 4.83. The van der Waals surface area contributed by atoms with Crippen LogP contribution in [0.25, 0.3) is 10.9 Å². The Kier molecular flexibility index (Phi) is 4.11. The number of fused-ring (bicyclic) bond motifs is 1. The van der Waals surface area contributed by atoms with Crippen molar-refractivity contribution in [2.75, 3.05) is 18.0 Å². The molecule has 2 aromatic rings. The SMILES string of the molecule is CCCc1cc(Cl)c2cc(N3CCCCC3)ccc2n1. The molecule has 0 bridgehead atoms. The maximum atomic E-state index is 6.45. The Morgan fingerprint density at radius 3 is 2.70 bits per heavy atom. The topological polar surface area (TPSA) is 16.1 Å². The van der Waals surface area contributed by atoms with Crippen LogP contribution in [0, 0.1) is 0 Å². The van der Waals surface area contributed by atoms with Gasteiger partial charge in [0.25, 0.3) is 0 Å². The first-order valence-electron chi connectivity index (χ1n) is 7.62. The van der Waals surface area contributed by atoms with Crippen LogP contribution in [-0.2, 0) is 6.42 Å². The quantitative estimate of drug-likeness (QED) is 0.804. The molecule has 3 rings (SSSR count). The van der Waals surface area contributed by atoms with Crippen LogP contribution in [0.1, 0.15) is 38.3 Å². The van der Waals surface area contributed by atoms with Gasteiger partial charge in [0.2, 0.25) is 0 Å². The number of hydrogen-bond acceptors (Lipinski definition) is 2. The summed E-state index contributed by atoms with van der Waals surface area (Å²) in [4.78, 5) is 7.17. The minimum Gasteiger partial charge on any atom is -0.372 e. The monoisotopic (exact) mass is 288 g/mol. The van der Waals surface area contributed by atoms with Crippen molar-refractivity contribution in [3.05, 3.63) is 35.0 Å². The Morgan fingerprint density at radius 2 is 1.95 bits per heavy atom. The molecule has 1 fully saturated rings. The molecular weight excluding hydrogens is 268 g/mol. The molecular formula is C17H21ClN2. The largest absolute Gasteiger partial charge is 0.372 e. The van der Waals surface area contributed by atoms with Crippen molar-refractivity contribution in [3.63, 3.8) is 0 Å². The van der Waals surface area contributed by atoms with Crippen molar-refractivity contribution < 1.29 is 0 Å². The van der Waals surface area contributed by atoms with Gasteiger partial charge in [-0.2, -0.15) is 0 Å². The molecule has 2 nitrogen and oxygen atoms in total. The normalized spacial score (nSPS) is 15.8. The lowest BCUT2D eigenvalue weighted by atomic mass is 10.1. The number of aromatic nitrogens is 1. The maximum Gasteiger partial charge on any atom is 0.0721 e. The van der Waals surface area contributed by atoms with Crippen LogP contribution in [-0.4, -0.2) is 18.1 Å². The second-order valence-electron chi connectivity index (χ2n) is 5.59. The molecule has 0 spiro atoms. The minimum atomic E-state index is 0.831. The lowest BCUT2D eigenvalue weighted by molar-refractivity contribution is 0.578. The van der Waals surface area contributed by atoms with Crippen molar-refractivity contribution in [2.45, 2.75) is 39.0 Å². The van der Waals surface area contributed by atoms with Gasteiger partial charge in [-0.25, -0.2) is 0 Å². The molecule has 1 aliphatic heterocycles. The van der Waals surface area contributed by atoms with E-state index in [0.717, 1.165) is 47.6 Å². The van der Waals surface area contributed by atoms with E-state index in [2.05, 4.69) is 30.0 Å². The Balaban J connectivity index is 1.98. The van der Waals surface area contributed by atoms with E-state index in [0.29, 0.717) is 0 Å². The average Bonchev–Trinajstić information content (AvgIpc) is 2.48. The first kappa shape index (κ1) is 13.7. The van der Waals surface area contributed by atoms with Crippen LogP contribution in [0.3, 0.4) is 0 Å². The zero-order chi connectivity index (χ0) is 13.9. The standard InChI is InChI=1S/C17H21ClN2/c1-2-6-13-11-16(18)15-12-14(7-8-17(15)19-13)20-9-4-3-5-10-20/h7-8,11-12H,2-6,9-10H2,1H3. The molecule has 1 aromatic carbocycles. The number of benzene rings is 1. The second-order valence-corrected chi connectivity index (χ2v) is 6.00. The van der Waals surface area contributed by atoms with Crippen molar-refractivity contribution in [3.8, 4) is 0 Å². The predicted molar refractivity (Wildman–Crippen MR) is 86.8 cm³/mol. The fourth-order valence-electron chi connectivity index (χ4n) is 2.96. The van der Waals surface area contributed by atoms with E-state index in [4.69, 9.17) is 16.6 Å². The number of halogens is 1. The Morgan fingerprint density at radius 1 is 1.15 bits per heavy atom. The highest BCUT2D eigenvalue weighted by molar-refractivity contribution is 6.35. The van der Waals surface area contributed by atoms with Crippen LogP contribution >= 0.6 is 11.6 Å². The van der Waals surface area contributed by atoms with Crippen LogP contribution in [0.15, 0.2) is 24.3 Å². The molecule has 2 heterocycles. The van der Waals surface area contributed by atoms with E-state index in [-0.39, 0.29) is 0 Å². The number of rotatable bonds is 3. The lowest BCUT2D eigenvalue weighted by Crippen LogP contribution is -2.29. The van der Waals surface area contributed by atoms with Gasteiger partial charge in [-0.3, -0.25) is 4.98 Å². The summed E-state index contributed by atoms with van der Waals surface area (Å²) in [6.45, 7) is 4.48. The minimum absolute atomic E-state index is 0.831. The molecule has 106 valence electrons. The van der Waals surface area contributed by atoms with Gasteiger partial charge in [0.1, 0.15) is 0 Å². The molecule has 0 saturated carbocycles. The Hall–Kier alpha value is -1.28. The van der Waals surface area contributed by atoms with Crippen LogP contribution < -0.4 is 4.90 Å². The second kappa shape index (κ2) is 6.01. The summed E-state index contributed by atoms with van der Waals surface area (Å²) in [5, 5.41) is 1.91. The van der Waals surface area contributed by atoms with Gasteiger partial charge in [0.05, 0.1) is 10.5 Å². The zero-order valence-corrected chi connectivity index (χ0v) is 12.8. The highest BCUT2D eigenvalue weighted by atomic mass is 35.5. The highest BCUT2D eigenvalue weighted by Crippen LogP contribution is 2.29. The first-order chi connectivity index (χ1) is 9.78. The van der Waals surface area contributed by atoms with Gasteiger partial charge in [-0.1, -0.05) is 24.9 Å². The van der Waals surface area contributed by atoms with Gasteiger partial charge in [-0.05, 0) is 49.9 Å². The van der Waals surface area contributed by atoms with E-state index in [9.17, 15) is 0 Å². The molecule has 0 aliphatic carbocycles. The molecule has 3 heteroatoms. The smallest absolute Gasteiger partial charge is 0.0721 e. The molecule has 0 radical (unpaired) electrons. The van der Waals surface area contributed by atoms with Crippen LogP contribution in [0.4, 0.5) is 5.69 Å². The van der Waals surface area contributed by atoms with Crippen LogP contribution in [0.2, 0.25) is 5.02 Å².